The number of nitrogens with zero attached hydrogens (tertiary/aromatic N) is 1. The molecule has 0 bridgehead atoms. The second-order valence-corrected chi connectivity index (χ2v) is 5.51. The van der Waals surface area contributed by atoms with Gasteiger partial charge in [0.15, 0.2) is 5.13 Å². The molecule has 0 radical (unpaired) electrons. The van der Waals surface area contributed by atoms with Crippen molar-refractivity contribution < 1.29 is 9.59 Å². The first-order chi connectivity index (χ1) is 9.06. The number of halogens is 1. The Morgan fingerprint density at radius 1 is 1.26 bits per heavy atom. The highest BCUT2D eigenvalue weighted by molar-refractivity contribution is 9.10. The summed E-state index contributed by atoms with van der Waals surface area (Å²) < 4.78 is 0.912. The number of carbonyl (C=O) groups excluding carboxylic acids is 2. The monoisotopic (exact) mass is 339 g/mol. The molecular weight excluding hydrogens is 330 g/mol. The Balaban J connectivity index is 2.02. The van der Waals surface area contributed by atoms with Gasteiger partial charge in [-0.3, -0.25) is 14.9 Å². The van der Waals surface area contributed by atoms with Crippen LogP contribution in [-0.2, 0) is 9.59 Å². The number of thiazole rings is 1. The van der Waals surface area contributed by atoms with E-state index in [0.29, 0.717) is 10.8 Å². The van der Waals surface area contributed by atoms with Crippen molar-refractivity contribution in [1.29, 1.82) is 0 Å². The van der Waals surface area contributed by atoms with Gasteiger partial charge in [0.25, 0.3) is 0 Å². The van der Waals surface area contributed by atoms with E-state index in [1.54, 1.807) is 23.7 Å². The number of hydrogen-bond donors (Lipinski definition) is 2. The van der Waals surface area contributed by atoms with Gasteiger partial charge in [-0.05, 0) is 30.7 Å². The van der Waals surface area contributed by atoms with Gasteiger partial charge in [0.1, 0.15) is 0 Å². The fourth-order valence-corrected chi connectivity index (χ4v) is 2.38. The number of hydrogen-bond acceptors (Lipinski definition) is 4. The van der Waals surface area contributed by atoms with Crippen molar-refractivity contribution in [2.45, 2.75) is 6.92 Å². The third-order valence-corrected chi connectivity index (χ3v) is 3.48. The molecular formula is C12H10BrN3O2S. The number of aryl methyl sites for hydroxylation is 1. The summed E-state index contributed by atoms with van der Waals surface area (Å²) in [6.45, 7) is 1.85. The van der Waals surface area contributed by atoms with Gasteiger partial charge in [0.2, 0.25) is 0 Å². The predicted molar refractivity (Wildman–Crippen MR) is 78.3 cm³/mol. The van der Waals surface area contributed by atoms with Gasteiger partial charge in [0, 0.05) is 21.7 Å². The number of nitrogens with one attached hydrogen (secondary N) is 2. The lowest BCUT2D eigenvalue weighted by Gasteiger charge is -2.08. The quantitative estimate of drug-likeness (QED) is 0.826. The molecule has 1 aromatic carbocycles. The Bertz CT molecular complexity index is 613. The van der Waals surface area contributed by atoms with E-state index in [2.05, 4.69) is 31.5 Å². The van der Waals surface area contributed by atoms with E-state index >= 15 is 0 Å². The second-order valence-electron chi connectivity index (χ2n) is 3.70. The molecule has 5 nitrogen and oxygen atoms in total. The molecule has 0 atom stereocenters. The molecule has 2 aromatic rings. The van der Waals surface area contributed by atoms with Gasteiger partial charge >= 0.3 is 11.8 Å². The lowest BCUT2D eigenvalue weighted by Crippen LogP contribution is -2.29. The zero-order chi connectivity index (χ0) is 13.8. The third kappa shape index (κ3) is 3.62. The van der Waals surface area contributed by atoms with Crippen molar-refractivity contribution in [2.24, 2.45) is 0 Å². The standard InChI is InChI=1S/C12H10BrN3O2S/c1-7-6-8(13)2-3-9(7)15-10(17)11(18)16-12-14-4-5-19-12/h2-6H,1H3,(H,15,17)(H,14,16,18). The number of amides is 2. The summed E-state index contributed by atoms with van der Waals surface area (Å²) in [4.78, 5) is 27.2. The Labute approximate surface area is 122 Å². The zero-order valence-electron chi connectivity index (χ0n) is 9.94. The first-order valence-electron chi connectivity index (χ1n) is 5.34. The maximum Gasteiger partial charge on any atom is 0.315 e. The lowest BCUT2D eigenvalue weighted by molar-refractivity contribution is -0.133. The van der Waals surface area contributed by atoms with Crippen LogP contribution in [0.4, 0.5) is 10.8 Å². The minimum absolute atomic E-state index is 0.396. The van der Waals surface area contributed by atoms with E-state index < -0.39 is 11.8 Å². The summed E-state index contributed by atoms with van der Waals surface area (Å²) in [6, 6.07) is 5.38. The molecule has 2 N–H and O–H groups in total. The number of anilines is 2. The van der Waals surface area contributed by atoms with E-state index in [9.17, 15) is 9.59 Å². The van der Waals surface area contributed by atoms with Crippen molar-refractivity contribution in [3.8, 4) is 0 Å². The van der Waals surface area contributed by atoms with E-state index in [4.69, 9.17) is 0 Å². The van der Waals surface area contributed by atoms with Crippen molar-refractivity contribution >= 4 is 49.9 Å². The molecule has 0 aliphatic carbocycles. The summed E-state index contributed by atoms with van der Waals surface area (Å²) >= 11 is 4.58. The van der Waals surface area contributed by atoms with Gasteiger partial charge in [-0.1, -0.05) is 15.9 Å². The average molecular weight is 340 g/mol. The van der Waals surface area contributed by atoms with Crippen molar-refractivity contribution in [2.75, 3.05) is 10.6 Å². The van der Waals surface area contributed by atoms with Crippen molar-refractivity contribution in [1.82, 2.24) is 4.98 Å². The number of benzene rings is 1. The molecule has 1 aromatic heterocycles. The summed E-state index contributed by atoms with van der Waals surface area (Å²) in [7, 11) is 0. The predicted octanol–water partition coefficient (Wildman–Crippen LogP) is 2.79. The molecule has 0 saturated carbocycles. The fourth-order valence-electron chi connectivity index (χ4n) is 1.39. The van der Waals surface area contributed by atoms with Crippen molar-refractivity contribution in [3.63, 3.8) is 0 Å². The molecule has 2 amide bonds. The first kappa shape index (κ1) is 13.7. The summed E-state index contributed by atoms with van der Waals surface area (Å²) in [5.74, 6) is -1.46. The Morgan fingerprint density at radius 3 is 2.63 bits per heavy atom. The van der Waals surface area contributed by atoms with Crippen molar-refractivity contribution in [3.05, 3.63) is 39.8 Å². The van der Waals surface area contributed by atoms with Crippen LogP contribution in [0, 0.1) is 6.92 Å². The average Bonchev–Trinajstić information content (AvgIpc) is 2.85. The Hall–Kier alpha value is -1.73. The third-order valence-electron chi connectivity index (χ3n) is 2.30. The van der Waals surface area contributed by atoms with Crippen LogP contribution in [0.1, 0.15) is 5.56 Å². The minimum atomic E-state index is -0.739. The summed E-state index contributed by atoms with van der Waals surface area (Å²) in [6.07, 6.45) is 1.55. The normalized spacial score (nSPS) is 10.0. The van der Waals surface area contributed by atoms with E-state index in [1.807, 2.05) is 13.0 Å². The SMILES string of the molecule is Cc1cc(Br)ccc1NC(=O)C(=O)Nc1nccs1. The molecule has 1 heterocycles. The smallest absolute Gasteiger partial charge is 0.315 e. The number of rotatable bonds is 2. The summed E-state index contributed by atoms with van der Waals surface area (Å²) in [5, 5.41) is 7.09. The van der Waals surface area contributed by atoms with Gasteiger partial charge in [-0.15, -0.1) is 11.3 Å². The molecule has 19 heavy (non-hydrogen) atoms. The molecule has 7 heteroatoms. The molecule has 98 valence electrons. The molecule has 0 aliphatic heterocycles. The lowest BCUT2D eigenvalue weighted by atomic mass is 10.2. The van der Waals surface area contributed by atoms with E-state index in [0.717, 1.165) is 10.0 Å². The van der Waals surface area contributed by atoms with Crippen LogP contribution >= 0.6 is 27.3 Å². The summed E-state index contributed by atoms with van der Waals surface area (Å²) in [5.41, 5.74) is 1.47. The van der Waals surface area contributed by atoms with Gasteiger partial charge in [0.05, 0.1) is 0 Å². The van der Waals surface area contributed by atoms with Gasteiger partial charge < -0.3 is 5.32 Å². The second kappa shape index (κ2) is 5.94. The Morgan fingerprint density at radius 2 is 2.00 bits per heavy atom. The largest absolute Gasteiger partial charge is 0.318 e. The molecule has 0 fully saturated rings. The highest BCUT2D eigenvalue weighted by Gasteiger charge is 2.15. The van der Waals surface area contributed by atoms with Crippen LogP contribution < -0.4 is 10.6 Å². The first-order valence-corrected chi connectivity index (χ1v) is 7.01. The van der Waals surface area contributed by atoms with Crippen LogP contribution in [0.25, 0.3) is 0 Å². The van der Waals surface area contributed by atoms with E-state index in [1.165, 1.54) is 11.3 Å². The topological polar surface area (TPSA) is 71.1 Å². The highest BCUT2D eigenvalue weighted by atomic mass is 79.9. The van der Waals surface area contributed by atoms with E-state index in [-0.39, 0.29) is 0 Å². The van der Waals surface area contributed by atoms with Crippen LogP contribution in [-0.4, -0.2) is 16.8 Å². The molecule has 2 rings (SSSR count). The molecule has 0 spiro atoms. The molecule has 0 unspecified atom stereocenters. The Kier molecular flexibility index (Phi) is 4.28. The van der Waals surface area contributed by atoms with Gasteiger partial charge in [-0.2, -0.15) is 0 Å². The maximum absolute atomic E-state index is 11.7. The maximum atomic E-state index is 11.7. The number of aromatic nitrogens is 1. The highest BCUT2D eigenvalue weighted by Crippen LogP contribution is 2.20. The van der Waals surface area contributed by atoms with Crippen LogP contribution in [0.5, 0.6) is 0 Å². The molecule has 0 saturated heterocycles. The van der Waals surface area contributed by atoms with Gasteiger partial charge in [-0.25, -0.2) is 4.98 Å². The van der Waals surface area contributed by atoms with Crippen LogP contribution in [0.2, 0.25) is 0 Å². The fraction of sp³-hybridized carbons (Fsp3) is 0.0833. The zero-order valence-corrected chi connectivity index (χ0v) is 12.3. The van der Waals surface area contributed by atoms with Crippen LogP contribution in [0.15, 0.2) is 34.2 Å². The number of carbonyl (C=O) groups is 2. The minimum Gasteiger partial charge on any atom is -0.318 e. The van der Waals surface area contributed by atoms with Crippen LogP contribution in [0.3, 0.4) is 0 Å². The molecule has 0 aliphatic rings.